The summed E-state index contributed by atoms with van der Waals surface area (Å²) < 4.78 is 1.21. The van der Waals surface area contributed by atoms with Gasteiger partial charge in [-0.15, -0.1) is 0 Å². The third-order valence-electron chi connectivity index (χ3n) is 4.88. The summed E-state index contributed by atoms with van der Waals surface area (Å²) in [6, 6.07) is 9.54. The van der Waals surface area contributed by atoms with Crippen LogP contribution in [0.1, 0.15) is 37.2 Å². The molecule has 0 radical (unpaired) electrons. The number of benzene rings is 1. The number of rotatable bonds is 4. The van der Waals surface area contributed by atoms with Gasteiger partial charge in [0, 0.05) is 17.1 Å². The topological polar surface area (TPSA) is 15.3 Å². The fraction of sp³-hybridized carbons (Fsp3) is 0.647. The molecule has 0 aromatic heterocycles. The third kappa shape index (κ3) is 3.63. The van der Waals surface area contributed by atoms with Crippen molar-refractivity contribution >= 4 is 15.9 Å². The molecule has 0 amide bonds. The number of hydrogen-bond acceptors (Lipinski definition) is 2. The van der Waals surface area contributed by atoms with Gasteiger partial charge in [-0.2, -0.15) is 0 Å². The Hall–Kier alpha value is -0.380. The Morgan fingerprint density at radius 1 is 1.35 bits per heavy atom. The summed E-state index contributed by atoms with van der Waals surface area (Å²) in [7, 11) is 2.25. The number of halogens is 1. The van der Waals surface area contributed by atoms with Crippen molar-refractivity contribution in [2.75, 3.05) is 26.7 Å². The van der Waals surface area contributed by atoms with E-state index in [1.54, 1.807) is 0 Å². The van der Waals surface area contributed by atoms with E-state index in [0.29, 0.717) is 0 Å². The molecule has 1 aliphatic carbocycles. The van der Waals surface area contributed by atoms with Crippen LogP contribution >= 0.6 is 15.9 Å². The number of likely N-dealkylation sites (tertiary alicyclic amines) is 1. The minimum Gasteiger partial charge on any atom is -0.314 e. The van der Waals surface area contributed by atoms with E-state index in [1.165, 1.54) is 55.4 Å². The first kappa shape index (κ1) is 14.6. The lowest BCUT2D eigenvalue weighted by Gasteiger charge is -2.38. The molecule has 1 atom stereocenters. The van der Waals surface area contributed by atoms with Crippen LogP contribution in [0.5, 0.6) is 0 Å². The molecule has 2 aliphatic rings. The first-order chi connectivity index (χ1) is 9.70. The maximum absolute atomic E-state index is 3.79. The summed E-state index contributed by atoms with van der Waals surface area (Å²) in [6.45, 7) is 3.76. The second-order valence-corrected chi connectivity index (χ2v) is 7.51. The van der Waals surface area contributed by atoms with Crippen LogP contribution in [0, 0.1) is 5.92 Å². The van der Waals surface area contributed by atoms with Gasteiger partial charge in [-0.3, -0.25) is 0 Å². The van der Waals surface area contributed by atoms with Crippen molar-refractivity contribution in [3.05, 3.63) is 34.3 Å². The fourth-order valence-corrected chi connectivity index (χ4v) is 4.01. The van der Waals surface area contributed by atoms with Gasteiger partial charge >= 0.3 is 0 Å². The smallest absolute Gasteiger partial charge is 0.0178 e. The first-order valence-electron chi connectivity index (χ1n) is 7.88. The molecule has 1 heterocycles. The average molecular weight is 337 g/mol. The van der Waals surface area contributed by atoms with Gasteiger partial charge in [0.1, 0.15) is 0 Å². The summed E-state index contributed by atoms with van der Waals surface area (Å²) in [6.07, 6.45) is 5.38. The van der Waals surface area contributed by atoms with Crippen LogP contribution in [0.4, 0.5) is 0 Å². The lowest BCUT2D eigenvalue weighted by atomic mass is 9.75. The Balaban J connectivity index is 1.40. The van der Waals surface area contributed by atoms with E-state index >= 15 is 0 Å². The van der Waals surface area contributed by atoms with E-state index in [-0.39, 0.29) is 0 Å². The molecule has 1 unspecified atom stereocenters. The van der Waals surface area contributed by atoms with Crippen molar-refractivity contribution in [1.82, 2.24) is 10.2 Å². The summed E-state index contributed by atoms with van der Waals surface area (Å²) in [5.41, 5.74) is 1.50. The van der Waals surface area contributed by atoms with Gasteiger partial charge in [0.2, 0.25) is 0 Å². The second kappa shape index (κ2) is 6.59. The lowest BCUT2D eigenvalue weighted by Crippen LogP contribution is -2.45. The van der Waals surface area contributed by atoms with Crippen molar-refractivity contribution in [3.8, 4) is 0 Å². The highest BCUT2D eigenvalue weighted by atomic mass is 79.9. The quantitative estimate of drug-likeness (QED) is 0.903. The van der Waals surface area contributed by atoms with Gasteiger partial charge in [-0.1, -0.05) is 28.1 Å². The number of hydrogen-bond donors (Lipinski definition) is 1. The highest BCUT2D eigenvalue weighted by Crippen LogP contribution is 2.37. The van der Waals surface area contributed by atoms with Gasteiger partial charge in [0.25, 0.3) is 0 Å². The molecule has 0 spiro atoms. The molecular weight excluding hydrogens is 312 g/mol. The largest absolute Gasteiger partial charge is 0.314 e. The van der Waals surface area contributed by atoms with E-state index in [2.05, 4.69) is 57.5 Å². The zero-order valence-corrected chi connectivity index (χ0v) is 13.9. The molecule has 3 heteroatoms. The molecule has 3 rings (SSSR count). The molecule has 110 valence electrons. The van der Waals surface area contributed by atoms with Gasteiger partial charge in [-0.25, -0.2) is 0 Å². The number of piperidine rings is 1. The molecule has 1 N–H and O–H groups in total. The van der Waals surface area contributed by atoms with Crippen LogP contribution in [-0.2, 0) is 0 Å². The van der Waals surface area contributed by atoms with E-state index in [4.69, 9.17) is 0 Å². The molecule has 0 bridgehead atoms. The number of nitrogens with zero attached hydrogens (tertiary/aromatic N) is 1. The summed E-state index contributed by atoms with van der Waals surface area (Å²) in [5, 5.41) is 3.79. The summed E-state index contributed by atoms with van der Waals surface area (Å²) in [5.74, 6) is 1.62. The van der Waals surface area contributed by atoms with Crippen LogP contribution in [0.3, 0.4) is 0 Å². The van der Waals surface area contributed by atoms with E-state index in [9.17, 15) is 0 Å². The van der Waals surface area contributed by atoms with Crippen molar-refractivity contribution in [2.24, 2.45) is 5.92 Å². The number of nitrogens with one attached hydrogen (secondary N) is 1. The summed E-state index contributed by atoms with van der Waals surface area (Å²) >= 11 is 3.57. The Morgan fingerprint density at radius 2 is 2.20 bits per heavy atom. The fourth-order valence-electron chi connectivity index (χ4n) is 3.59. The minimum absolute atomic E-state index is 0.742. The third-order valence-corrected chi connectivity index (χ3v) is 5.37. The molecular formula is C17H25BrN2. The molecule has 1 aromatic carbocycles. The van der Waals surface area contributed by atoms with Crippen molar-refractivity contribution in [2.45, 2.75) is 37.6 Å². The van der Waals surface area contributed by atoms with Gasteiger partial charge < -0.3 is 10.2 Å². The zero-order valence-electron chi connectivity index (χ0n) is 12.3. The standard InChI is InChI=1S/C17H25BrN2/c1-20-7-3-4-13(12-20)11-19-17-9-15(10-17)14-5-2-6-16(18)8-14/h2,5-6,8,13,15,17,19H,3-4,7,9-12H2,1H3. The van der Waals surface area contributed by atoms with Crippen molar-refractivity contribution < 1.29 is 0 Å². The molecule has 2 fully saturated rings. The molecule has 1 aromatic rings. The van der Waals surface area contributed by atoms with Crippen molar-refractivity contribution in [3.63, 3.8) is 0 Å². The predicted molar refractivity (Wildman–Crippen MR) is 88.1 cm³/mol. The van der Waals surface area contributed by atoms with E-state index in [0.717, 1.165) is 17.9 Å². The maximum Gasteiger partial charge on any atom is 0.0178 e. The lowest BCUT2D eigenvalue weighted by molar-refractivity contribution is 0.190. The normalized spacial score (nSPS) is 31.0. The molecule has 1 aliphatic heterocycles. The zero-order chi connectivity index (χ0) is 13.9. The second-order valence-electron chi connectivity index (χ2n) is 6.60. The van der Waals surface area contributed by atoms with Gasteiger partial charge in [-0.05, 0) is 75.4 Å². The maximum atomic E-state index is 3.79. The molecule has 1 saturated heterocycles. The monoisotopic (exact) mass is 336 g/mol. The highest BCUT2D eigenvalue weighted by molar-refractivity contribution is 9.10. The van der Waals surface area contributed by atoms with Crippen LogP contribution < -0.4 is 5.32 Å². The Kier molecular flexibility index (Phi) is 4.79. The Labute approximate surface area is 131 Å². The minimum atomic E-state index is 0.742. The SMILES string of the molecule is CN1CCCC(CNC2CC(c3cccc(Br)c3)C2)C1. The van der Waals surface area contributed by atoms with Crippen LogP contribution in [-0.4, -0.2) is 37.6 Å². The van der Waals surface area contributed by atoms with Crippen LogP contribution in [0.2, 0.25) is 0 Å². The van der Waals surface area contributed by atoms with E-state index < -0.39 is 0 Å². The Morgan fingerprint density at radius 3 is 2.95 bits per heavy atom. The van der Waals surface area contributed by atoms with Crippen LogP contribution in [0.25, 0.3) is 0 Å². The van der Waals surface area contributed by atoms with Crippen molar-refractivity contribution in [1.29, 1.82) is 0 Å². The van der Waals surface area contributed by atoms with Gasteiger partial charge in [0.15, 0.2) is 0 Å². The first-order valence-corrected chi connectivity index (χ1v) is 8.67. The Bertz CT molecular complexity index is 442. The van der Waals surface area contributed by atoms with Gasteiger partial charge in [0.05, 0.1) is 0 Å². The highest BCUT2D eigenvalue weighted by Gasteiger charge is 2.30. The molecule has 1 saturated carbocycles. The van der Waals surface area contributed by atoms with Crippen LogP contribution in [0.15, 0.2) is 28.7 Å². The van der Waals surface area contributed by atoms with E-state index in [1.807, 2.05) is 0 Å². The predicted octanol–water partition coefficient (Wildman–Crippen LogP) is 3.63. The molecule has 2 nitrogen and oxygen atoms in total. The summed E-state index contributed by atoms with van der Waals surface area (Å²) in [4.78, 5) is 2.47. The average Bonchev–Trinajstić information content (AvgIpc) is 2.37. The molecule has 20 heavy (non-hydrogen) atoms.